The highest BCUT2D eigenvalue weighted by Gasteiger charge is 2.20. The average Bonchev–Trinajstić information content (AvgIpc) is 2.89. The number of hydrogen-bond donors (Lipinski definition) is 1. The predicted molar refractivity (Wildman–Crippen MR) is 80.1 cm³/mol. The molecule has 0 saturated heterocycles. The number of hydrogen-bond acceptors (Lipinski definition) is 4. The van der Waals surface area contributed by atoms with E-state index >= 15 is 0 Å². The Morgan fingerprint density at radius 2 is 2.05 bits per heavy atom. The van der Waals surface area contributed by atoms with Gasteiger partial charge in [-0.3, -0.25) is 0 Å². The normalized spacial score (nSPS) is 14.2. The highest BCUT2D eigenvalue weighted by molar-refractivity contribution is 6.31. The number of aromatic nitrogens is 2. The van der Waals surface area contributed by atoms with Crippen LogP contribution in [0.3, 0.4) is 0 Å². The predicted octanol–water partition coefficient (Wildman–Crippen LogP) is 3.42. The molecule has 1 aromatic carbocycles. The van der Waals surface area contributed by atoms with Gasteiger partial charge in [0.05, 0.1) is 5.92 Å². The Morgan fingerprint density at radius 3 is 2.75 bits per heavy atom. The maximum absolute atomic E-state index is 6.14. The Morgan fingerprint density at radius 1 is 1.30 bits per heavy atom. The maximum atomic E-state index is 6.14. The van der Waals surface area contributed by atoms with E-state index in [1.165, 1.54) is 0 Å². The van der Waals surface area contributed by atoms with Crippen molar-refractivity contribution in [2.75, 3.05) is 6.54 Å². The molecule has 0 radical (unpaired) electrons. The monoisotopic (exact) mass is 293 g/mol. The second-order valence-electron chi connectivity index (χ2n) is 4.95. The highest BCUT2D eigenvalue weighted by Crippen LogP contribution is 2.20. The van der Waals surface area contributed by atoms with Gasteiger partial charge >= 0.3 is 0 Å². The number of benzene rings is 1. The van der Waals surface area contributed by atoms with Crippen molar-refractivity contribution in [1.29, 1.82) is 0 Å². The lowest BCUT2D eigenvalue weighted by molar-refractivity contribution is 0.330. The van der Waals surface area contributed by atoms with Crippen molar-refractivity contribution in [2.45, 2.75) is 39.2 Å². The Balaban J connectivity index is 2.07. The van der Waals surface area contributed by atoms with Gasteiger partial charge in [0.2, 0.25) is 5.89 Å². The lowest BCUT2D eigenvalue weighted by Gasteiger charge is -2.16. The summed E-state index contributed by atoms with van der Waals surface area (Å²) in [6, 6.07) is 8.01. The maximum Gasteiger partial charge on any atom is 0.231 e. The van der Waals surface area contributed by atoms with Crippen LogP contribution in [0.5, 0.6) is 0 Å². The minimum atomic E-state index is 0.183. The van der Waals surface area contributed by atoms with E-state index in [1.807, 2.05) is 24.3 Å². The molecule has 0 fully saturated rings. The molecular weight excluding hydrogens is 274 g/mol. The quantitative estimate of drug-likeness (QED) is 0.887. The van der Waals surface area contributed by atoms with Gasteiger partial charge in [0, 0.05) is 17.5 Å². The molecule has 0 aliphatic heterocycles. The third-order valence-electron chi connectivity index (χ3n) is 3.46. The molecule has 2 aromatic rings. The summed E-state index contributed by atoms with van der Waals surface area (Å²) >= 11 is 6.14. The van der Waals surface area contributed by atoms with Crippen LogP contribution in [0.15, 0.2) is 28.8 Å². The van der Waals surface area contributed by atoms with Crippen molar-refractivity contribution in [3.8, 4) is 0 Å². The molecule has 1 heterocycles. The van der Waals surface area contributed by atoms with E-state index in [1.54, 1.807) is 0 Å². The topological polar surface area (TPSA) is 51.0 Å². The molecule has 0 spiro atoms. The van der Waals surface area contributed by atoms with Gasteiger partial charge < -0.3 is 9.84 Å². The first-order valence-corrected chi connectivity index (χ1v) is 7.28. The molecule has 2 atom stereocenters. The van der Waals surface area contributed by atoms with E-state index in [9.17, 15) is 0 Å². The Kier molecular flexibility index (Phi) is 5.15. The van der Waals surface area contributed by atoms with Gasteiger partial charge in [-0.1, -0.05) is 48.8 Å². The molecule has 4 nitrogen and oxygen atoms in total. The van der Waals surface area contributed by atoms with Crippen molar-refractivity contribution in [2.24, 2.45) is 0 Å². The van der Waals surface area contributed by atoms with Gasteiger partial charge in [-0.05, 0) is 25.1 Å². The van der Waals surface area contributed by atoms with E-state index in [4.69, 9.17) is 16.1 Å². The lowest BCUT2D eigenvalue weighted by Crippen LogP contribution is -2.30. The summed E-state index contributed by atoms with van der Waals surface area (Å²) in [5.74, 6) is 1.52. The second kappa shape index (κ2) is 6.86. The molecule has 2 unspecified atom stereocenters. The number of nitrogens with one attached hydrogen (secondary N) is 1. The summed E-state index contributed by atoms with van der Waals surface area (Å²) in [6.45, 7) is 7.21. The van der Waals surface area contributed by atoms with E-state index in [2.05, 4.69) is 36.2 Å². The minimum absolute atomic E-state index is 0.183. The summed E-state index contributed by atoms with van der Waals surface area (Å²) in [5, 5.41) is 8.14. The van der Waals surface area contributed by atoms with Crippen LogP contribution in [0.25, 0.3) is 0 Å². The fraction of sp³-hybridized carbons (Fsp3) is 0.467. The fourth-order valence-corrected chi connectivity index (χ4v) is 2.25. The molecule has 108 valence electrons. The molecule has 0 amide bonds. The van der Waals surface area contributed by atoms with Crippen molar-refractivity contribution in [3.63, 3.8) is 0 Å². The first-order valence-electron chi connectivity index (χ1n) is 6.91. The van der Waals surface area contributed by atoms with E-state index < -0.39 is 0 Å². The molecular formula is C15H20ClN3O. The van der Waals surface area contributed by atoms with Crippen molar-refractivity contribution < 1.29 is 4.52 Å². The van der Waals surface area contributed by atoms with E-state index in [-0.39, 0.29) is 5.92 Å². The molecule has 1 N–H and O–H groups in total. The van der Waals surface area contributed by atoms with Gasteiger partial charge in [0.1, 0.15) is 0 Å². The molecule has 0 aliphatic carbocycles. The van der Waals surface area contributed by atoms with Gasteiger partial charge in [-0.2, -0.15) is 4.98 Å². The van der Waals surface area contributed by atoms with Crippen LogP contribution < -0.4 is 5.32 Å². The minimum Gasteiger partial charge on any atom is -0.339 e. The largest absolute Gasteiger partial charge is 0.339 e. The Bertz CT molecular complexity index is 556. The molecule has 1 aromatic heterocycles. The number of halogens is 1. The van der Waals surface area contributed by atoms with Crippen molar-refractivity contribution >= 4 is 11.6 Å². The lowest BCUT2D eigenvalue weighted by atomic mass is 10.0. The second-order valence-corrected chi connectivity index (χ2v) is 5.36. The zero-order chi connectivity index (χ0) is 14.5. The molecule has 0 bridgehead atoms. The summed E-state index contributed by atoms with van der Waals surface area (Å²) in [7, 11) is 0. The molecule has 2 rings (SSSR count). The summed E-state index contributed by atoms with van der Waals surface area (Å²) in [6.07, 6.45) is 0.589. The number of rotatable bonds is 6. The average molecular weight is 294 g/mol. The summed E-state index contributed by atoms with van der Waals surface area (Å²) in [5.41, 5.74) is 1.01. The van der Waals surface area contributed by atoms with Crippen LogP contribution in [-0.4, -0.2) is 22.7 Å². The van der Waals surface area contributed by atoms with Crippen molar-refractivity contribution in [1.82, 2.24) is 15.5 Å². The molecule has 20 heavy (non-hydrogen) atoms. The molecule has 5 heteroatoms. The summed E-state index contributed by atoms with van der Waals surface area (Å²) in [4.78, 5) is 4.47. The van der Waals surface area contributed by atoms with Gasteiger partial charge in [-0.15, -0.1) is 0 Å². The van der Waals surface area contributed by atoms with Gasteiger partial charge in [-0.25, -0.2) is 0 Å². The third-order valence-corrected chi connectivity index (χ3v) is 3.82. The zero-order valence-electron chi connectivity index (χ0n) is 12.1. The Labute approximate surface area is 124 Å². The van der Waals surface area contributed by atoms with Crippen LogP contribution in [0.2, 0.25) is 5.02 Å². The Hall–Kier alpha value is -1.39. The van der Waals surface area contributed by atoms with Crippen LogP contribution in [0.4, 0.5) is 0 Å². The first kappa shape index (κ1) is 15.0. The third kappa shape index (κ3) is 3.58. The van der Waals surface area contributed by atoms with Crippen LogP contribution in [-0.2, 0) is 6.42 Å². The fourth-order valence-electron chi connectivity index (χ4n) is 2.05. The van der Waals surface area contributed by atoms with Gasteiger partial charge in [0.15, 0.2) is 5.82 Å². The zero-order valence-corrected chi connectivity index (χ0v) is 12.8. The smallest absolute Gasteiger partial charge is 0.231 e. The highest BCUT2D eigenvalue weighted by atomic mass is 35.5. The van der Waals surface area contributed by atoms with Crippen LogP contribution >= 0.6 is 11.6 Å². The summed E-state index contributed by atoms with van der Waals surface area (Å²) < 4.78 is 5.36. The van der Waals surface area contributed by atoms with Crippen LogP contribution in [0, 0.1) is 0 Å². The van der Waals surface area contributed by atoms with E-state index in [0.29, 0.717) is 24.2 Å². The number of likely N-dealkylation sites (N-methyl/N-ethyl adjacent to an activating group) is 1. The standard InChI is InChI=1S/C15H20ClN3O/c1-4-17-11(3)10(2)15-18-14(19-20-15)9-12-7-5-6-8-13(12)16/h5-8,10-11,17H,4,9H2,1-3H3. The molecule has 0 saturated carbocycles. The molecule has 0 aliphatic rings. The van der Waals surface area contributed by atoms with Gasteiger partial charge in [0.25, 0.3) is 0 Å². The van der Waals surface area contributed by atoms with Crippen molar-refractivity contribution in [3.05, 3.63) is 46.6 Å². The van der Waals surface area contributed by atoms with Crippen LogP contribution in [0.1, 0.15) is 44.0 Å². The SMILES string of the molecule is CCNC(C)C(C)c1nc(Cc2ccccc2Cl)no1. The van der Waals surface area contributed by atoms with E-state index in [0.717, 1.165) is 17.1 Å². The number of nitrogens with zero attached hydrogens (tertiary/aromatic N) is 2. The first-order chi connectivity index (χ1) is 9.61.